The third kappa shape index (κ3) is 0.905. The van der Waals surface area contributed by atoms with Crippen LogP contribution in [0.3, 0.4) is 0 Å². The van der Waals surface area contributed by atoms with Crippen LogP contribution in [0.15, 0.2) is 9.59 Å². The van der Waals surface area contributed by atoms with Crippen molar-refractivity contribution < 1.29 is 0 Å². The summed E-state index contributed by atoms with van der Waals surface area (Å²) in [6, 6.07) is 0. The number of fused-ring (bicyclic) bond motifs is 1. The molecule has 2 rings (SSSR count). The molecule has 0 saturated carbocycles. The molecule has 0 unspecified atom stereocenters. The zero-order valence-electron chi connectivity index (χ0n) is 8.16. The second kappa shape index (κ2) is 2.63. The minimum Gasteiger partial charge on any atom is -0.339 e. The normalized spacial score (nSPS) is 14.1. The molecule has 0 atom stereocenters. The Balaban J connectivity index is 2.92. The molecule has 74 valence electrons. The van der Waals surface area contributed by atoms with E-state index < -0.39 is 0 Å². The predicted octanol–water partition coefficient (Wildman–Crippen LogP) is -1.06. The van der Waals surface area contributed by atoms with E-state index in [-0.39, 0.29) is 11.2 Å². The molecule has 0 aromatic carbocycles. The second-order valence-electron chi connectivity index (χ2n) is 3.20. The van der Waals surface area contributed by atoms with Gasteiger partial charge in [0.1, 0.15) is 11.5 Å². The van der Waals surface area contributed by atoms with Gasteiger partial charge < -0.3 is 10.2 Å². The van der Waals surface area contributed by atoms with Gasteiger partial charge in [-0.1, -0.05) is 0 Å². The van der Waals surface area contributed by atoms with Crippen LogP contribution >= 0.6 is 0 Å². The van der Waals surface area contributed by atoms with E-state index in [0.29, 0.717) is 11.5 Å². The molecule has 2 radical (unpaired) electrons. The van der Waals surface area contributed by atoms with E-state index in [1.165, 1.54) is 16.5 Å². The Morgan fingerprint density at radius 2 is 1.79 bits per heavy atom. The highest BCUT2D eigenvalue weighted by atomic mass is 16.2. The van der Waals surface area contributed by atoms with Gasteiger partial charge in [0, 0.05) is 21.1 Å². The van der Waals surface area contributed by atoms with Crippen LogP contribution in [0.4, 0.5) is 11.5 Å². The molecular formula is C8H10N4O2. The minimum absolute atomic E-state index is 0.317. The van der Waals surface area contributed by atoms with Gasteiger partial charge in [-0.15, -0.1) is 0 Å². The SMILES string of the molecule is CN1[C]Nc2c1c(=O)n(C)c(=O)n2C. The summed E-state index contributed by atoms with van der Waals surface area (Å²) in [6.07, 6.45) is 0. The fraction of sp³-hybridized carbons (Fsp3) is 0.375. The molecule has 0 saturated heterocycles. The van der Waals surface area contributed by atoms with Crippen LogP contribution < -0.4 is 21.5 Å². The maximum absolute atomic E-state index is 11.7. The van der Waals surface area contributed by atoms with Crippen molar-refractivity contribution in [2.75, 3.05) is 17.3 Å². The van der Waals surface area contributed by atoms with E-state index in [0.717, 1.165) is 4.57 Å². The van der Waals surface area contributed by atoms with Crippen molar-refractivity contribution >= 4 is 11.5 Å². The number of anilines is 2. The van der Waals surface area contributed by atoms with Crippen LogP contribution in [0.1, 0.15) is 0 Å². The van der Waals surface area contributed by atoms with Gasteiger partial charge in [-0.2, -0.15) is 0 Å². The number of aromatic nitrogens is 2. The molecule has 2 heterocycles. The number of rotatable bonds is 0. The first kappa shape index (κ1) is 8.86. The fourth-order valence-corrected chi connectivity index (χ4v) is 1.46. The number of nitrogens with zero attached hydrogens (tertiary/aromatic N) is 3. The van der Waals surface area contributed by atoms with Gasteiger partial charge in [0.2, 0.25) is 6.67 Å². The average molecular weight is 194 g/mol. The van der Waals surface area contributed by atoms with Crippen LogP contribution in [-0.4, -0.2) is 16.2 Å². The summed E-state index contributed by atoms with van der Waals surface area (Å²) in [5, 5.41) is 2.75. The Kier molecular flexibility index (Phi) is 1.67. The zero-order chi connectivity index (χ0) is 10.5. The van der Waals surface area contributed by atoms with Gasteiger partial charge in [-0.05, 0) is 0 Å². The van der Waals surface area contributed by atoms with Gasteiger partial charge in [-0.3, -0.25) is 13.9 Å². The summed E-state index contributed by atoms with van der Waals surface area (Å²) < 4.78 is 2.46. The number of hydrogen-bond acceptors (Lipinski definition) is 4. The lowest BCUT2D eigenvalue weighted by Crippen LogP contribution is -2.38. The highest BCUT2D eigenvalue weighted by Gasteiger charge is 2.24. The lowest BCUT2D eigenvalue weighted by molar-refractivity contribution is 0.697. The Hall–Kier alpha value is -1.72. The van der Waals surface area contributed by atoms with E-state index in [4.69, 9.17) is 0 Å². The summed E-state index contributed by atoms with van der Waals surface area (Å²) >= 11 is 0. The number of hydrogen-bond donors (Lipinski definition) is 1. The molecule has 0 aliphatic carbocycles. The Bertz CT molecular complexity index is 499. The molecule has 1 aromatic heterocycles. The van der Waals surface area contributed by atoms with Crippen LogP contribution in [0.2, 0.25) is 0 Å². The average Bonchev–Trinajstić information content (AvgIpc) is 2.54. The quantitative estimate of drug-likeness (QED) is 0.572. The third-order valence-electron chi connectivity index (χ3n) is 2.32. The molecule has 0 fully saturated rings. The van der Waals surface area contributed by atoms with Gasteiger partial charge in [0.15, 0.2) is 0 Å². The largest absolute Gasteiger partial charge is 0.339 e. The Morgan fingerprint density at radius 3 is 2.43 bits per heavy atom. The standard InChI is InChI=1S/C8H10N4O2/c1-10-4-9-6-5(10)7(13)12(3)8(14)11(6)2/h9H,1-3H3. The number of nitrogens with one attached hydrogen (secondary N) is 1. The van der Waals surface area contributed by atoms with Crippen molar-refractivity contribution in [2.45, 2.75) is 0 Å². The van der Waals surface area contributed by atoms with Crippen molar-refractivity contribution in [3.63, 3.8) is 0 Å². The predicted molar refractivity (Wildman–Crippen MR) is 52.2 cm³/mol. The summed E-state index contributed by atoms with van der Waals surface area (Å²) in [4.78, 5) is 24.7. The molecule has 0 spiro atoms. The second-order valence-corrected chi connectivity index (χ2v) is 3.20. The zero-order valence-corrected chi connectivity index (χ0v) is 8.16. The van der Waals surface area contributed by atoms with E-state index in [1.54, 1.807) is 14.1 Å². The maximum Gasteiger partial charge on any atom is 0.332 e. The molecular weight excluding hydrogens is 184 g/mol. The summed E-state index contributed by atoms with van der Waals surface area (Å²) in [5.41, 5.74) is -0.226. The lowest BCUT2D eigenvalue weighted by atomic mass is 10.4. The summed E-state index contributed by atoms with van der Waals surface area (Å²) in [7, 11) is 4.76. The minimum atomic E-state index is -0.349. The smallest absolute Gasteiger partial charge is 0.332 e. The van der Waals surface area contributed by atoms with Gasteiger partial charge in [0.25, 0.3) is 5.56 Å². The highest BCUT2D eigenvalue weighted by molar-refractivity contribution is 5.72. The monoisotopic (exact) mass is 194 g/mol. The first-order valence-corrected chi connectivity index (χ1v) is 4.09. The summed E-state index contributed by atoms with van der Waals surface area (Å²) in [6.45, 7) is 2.73. The molecule has 1 aromatic rings. The highest BCUT2D eigenvalue weighted by Crippen LogP contribution is 2.25. The summed E-state index contributed by atoms with van der Waals surface area (Å²) in [5.74, 6) is 0.487. The van der Waals surface area contributed by atoms with Crippen LogP contribution in [0.5, 0.6) is 0 Å². The van der Waals surface area contributed by atoms with Crippen LogP contribution in [0, 0.1) is 6.67 Å². The van der Waals surface area contributed by atoms with Crippen LogP contribution in [-0.2, 0) is 14.1 Å². The molecule has 0 amide bonds. The van der Waals surface area contributed by atoms with E-state index in [9.17, 15) is 9.59 Å². The Morgan fingerprint density at radius 1 is 1.14 bits per heavy atom. The van der Waals surface area contributed by atoms with Gasteiger partial charge in [0.05, 0.1) is 0 Å². The molecule has 0 bridgehead atoms. The first-order chi connectivity index (χ1) is 6.54. The van der Waals surface area contributed by atoms with E-state index >= 15 is 0 Å². The van der Waals surface area contributed by atoms with Crippen molar-refractivity contribution in [1.29, 1.82) is 0 Å². The topological polar surface area (TPSA) is 59.3 Å². The van der Waals surface area contributed by atoms with Crippen molar-refractivity contribution in [2.24, 2.45) is 14.1 Å². The van der Waals surface area contributed by atoms with Crippen molar-refractivity contribution in [1.82, 2.24) is 9.13 Å². The van der Waals surface area contributed by atoms with E-state index in [1.807, 2.05) is 0 Å². The first-order valence-electron chi connectivity index (χ1n) is 4.09. The molecule has 6 heteroatoms. The molecule has 1 aliphatic heterocycles. The third-order valence-corrected chi connectivity index (χ3v) is 2.32. The lowest BCUT2D eigenvalue weighted by Gasteiger charge is -2.10. The Labute approximate surface area is 80.4 Å². The van der Waals surface area contributed by atoms with Gasteiger partial charge >= 0.3 is 5.69 Å². The maximum atomic E-state index is 11.7. The van der Waals surface area contributed by atoms with Crippen molar-refractivity contribution in [3.05, 3.63) is 27.5 Å². The molecule has 14 heavy (non-hydrogen) atoms. The van der Waals surface area contributed by atoms with E-state index in [2.05, 4.69) is 12.0 Å². The fourth-order valence-electron chi connectivity index (χ4n) is 1.46. The van der Waals surface area contributed by atoms with Gasteiger partial charge in [-0.25, -0.2) is 4.79 Å². The molecule has 1 N–H and O–H groups in total. The molecule has 1 aliphatic rings. The van der Waals surface area contributed by atoms with Crippen molar-refractivity contribution in [3.8, 4) is 0 Å². The molecule has 6 nitrogen and oxygen atoms in total. The van der Waals surface area contributed by atoms with Crippen LogP contribution in [0.25, 0.3) is 0 Å².